The SMILES string of the molecule is O=C(NCCCn1cccn1)[C@H]1CCC(=O)N(CCc2ccccn2)C1. The summed E-state index contributed by atoms with van der Waals surface area (Å²) in [7, 11) is 0. The summed E-state index contributed by atoms with van der Waals surface area (Å²) in [6, 6.07) is 7.66. The number of piperidine rings is 1. The number of hydrogen-bond donors (Lipinski definition) is 1. The van der Waals surface area contributed by atoms with E-state index in [4.69, 9.17) is 0 Å². The molecule has 0 aromatic carbocycles. The minimum Gasteiger partial charge on any atom is -0.356 e. The minimum atomic E-state index is -0.124. The van der Waals surface area contributed by atoms with Gasteiger partial charge in [0.1, 0.15) is 0 Å². The highest BCUT2D eigenvalue weighted by atomic mass is 16.2. The summed E-state index contributed by atoms with van der Waals surface area (Å²) in [5.41, 5.74) is 0.963. The van der Waals surface area contributed by atoms with Gasteiger partial charge >= 0.3 is 0 Å². The van der Waals surface area contributed by atoms with Crippen LogP contribution in [0.5, 0.6) is 0 Å². The number of rotatable bonds is 8. The number of hydrogen-bond acceptors (Lipinski definition) is 4. The van der Waals surface area contributed by atoms with Gasteiger partial charge in [0.25, 0.3) is 0 Å². The fourth-order valence-electron chi connectivity index (χ4n) is 3.17. The van der Waals surface area contributed by atoms with Crippen molar-refractivity contribution in [1.82, 2.24) is 25.0 Å². The Morgan fingerprint density at radius 3 is 2.92 bits per heavy atom. The van der Waals surface area contributed by atoms with Crippen molar-refractivity contribution in [2.45, 2.75) is 32.2 Å². The molecule has 1 fully saturated rings. The standard InChI is InChI=1S/C19H25N5O2/c25-18-7-6-16(15-23(18)14-8-17-5-1-2-9-20-17)19(26)21-10-3-12-24-13-4-11-22-24/h1-2,4-5,9,11,13,16H,3,6-8,10,12,14-15H2,(H,21,26)/t16-/m0/s1. The van der Waals surface area contributed by atoms with Crippen LogP contribution in [0.1, 0.15) is 25.0 Å². The molecule has 26 heavy (non-hydrogen) atoms. The fraction of sp³-hybridized carbons (Fsp3) is 0.474. The first-order valence-corrected chi connectivity index (χ1v) is 9.15. The van der Waals surface area contributed by atoms with Crippen LogP contribution in [0.15, 0.2) is 42.9 Å². The topological polar surface area (TPSA) is 80.1 Å². The van der Waals surface area contributed by atoms with E-state index in [9.17, 15) is 9.59 Å². The van der Waals surface area contributed by atoms with Crippen molar-refractivity contribution in [3.05, 3.63) is 48.5 Å². The minimum absolute atomic E-state index is 0.0424. The largest absolute Gasteiger partial charge is 0.356 e. The second kappa shape index (κ2) is 9.12. The highest BCUT2D eigenvalue weighted by Crippen LogP contribution is 2.18. The molecule has 0 aliphatic carbocycles. The number of aromatic nitrogens is 3. The third-order valence-corrected chi connectivity index (χ3v) is 4.66. The van der Waals surface area contributed by atoms with Gasteiger partial charge in [-0.1, -0.05) is 6.07 Å². The van der Waals surface area contributed by atoms with E-state index >= 15 is 0 Å². The Labute approximate surface area is 153 Å². The van der Waals surface area contributed by atoms with E-state index in [-0.39, 0.29) is 17.7 Å². The molecule has 7 nitrogen and oxygen atoms in total. The Balaban J connectivity index is 1.41. The number of likely N-dealkylation sites (tertiary alicyclic amines) is 1. The van der Waals surface area contributed by atoms with E-state index in [0.717, 1.165) is 18.7 Å². The molecule has 1 aliphatic rings. The van der Waals surface area contributed by atoms with Crippen molar-refractivity contribution < 1.29 is 9.59 Å². The Morgan fingerprint density at radius 1 is 1.23 bits per heavy atom. The lowest BCUT2D eigenvalue weighted by molar-refractivity contribution is -0.138. The molecule has 3 rings (SSSR count). The lowest BCUT2D eigenvalue weighted by Gasteiger charge is -2.32. The molecule has 1 atom stereocenters. The van der Waals surface area contributed by atoms with Gasteiger partial charge in [0.05, 0.1) is 5.92 Å². The second-order valence-corrected chi connectivity index (χ2v) is 6.56. The van der Waals surface area contributed by atoms with Crippen LogP contribution in [-0.4, -0.2) is 51.1 Å². The molecule has 0 unspecified atom stereocenters. The maximum absolute atomic E-state index is 12.4. The summed E-state index contributed by atoms with van der Waals surface area (Å²) in [4.78, 5) is 30.6. The molecule has 3 heterocycles. The second-order valence-electron chi connectivity index (χ2n) is 6.56. The van der Waals surface area contributed by atoms with Gasteiger partial charge in [-0.3, -0.25) is 19.3 Å². The third kappa shape index (κ3) is 5.15. The summed E-state index contributed by atoms with van der Waals surface area (Å²) in [6.07, 6.45) is 8.03. The number of nitrogens with zero attached hydrogens (tertiary/aromatic N) is 4. The van der Waals surface area contributed by atoms with Crippen molar-refractivity contribution in [3.63, 3.8) is 0 Å². The van der Waals surface area contributed by atoms with Crippen LogP contribution in [0.3, 0.4) is 0 Å². The van der Waals surface area contributed by atoms with E-state index in [1.165, 1.54) is 0 Å². The Morgan fingerprint density at radius 2 is 2.15 bits per heavy atom. The van der Waals surface area contributed by atoms with Gasteiger partial charge < -0.3 is 10.2 Å². The fourth-order valence-corrected chi connectivity index (χ4v) is 3.17. The highest BCUT2D eigenvalue weighted by molar-refractivity contribution is 5.83. The Kier molecular flexibility index (Phi) is 6.35. The van der Waals surface area contributed by atoms with Gasteiger partial charge in [-0.2, -0.15) is 5.10 Å². The number of pyridine rings is 1. The van der Waals surface area contributed by atoms with Gasteiger partial charge in [-0.05, 0) is 31.0 Å². The van der Waals surface area contributed by atoms with Crippen LogP contribution in [0.4, 0.5) is 0 Å². The van der Waals surface area contributed by atoms with E-state index in [1.807, 2.05) is 35.1 Å². The molecule has 1 saturated heterocycles. The summed E-state index contributed by atoms with van der Waals surface area (Å²) < 4.78 is 1.85. The number of carbonyl (C=O) groups is 2. The van der Waals surface area contributed by atoms with Crippen molar-refractivity contribution in [2.24, 2.45) is 5.92 Å². The molecule has 1 aliphatic heterocycles. The maximum Gasteiger partial charge on any atom is 0.224 e. The molecule has 138 valence electrons. The van der Waals surface area contributed by atoms with Crippen LogP contribution in [0.25, 0.3) is 0 Å². The van der Waals surface area contributed by atoms with Gasteiger partial charge in [-0.25, -0.2) is 0 Å². The molecule has 2 amide bonds. The van der Waals surface area contributed by atoms with Gasteiger partial charge in [0, 0.05) is 63.3 Å². The molecule has 0 bridgehead atoms. The first-order chi connectivity index (χ1) is 12.7. The third-order valence-electron chi connectivity index (χ3n) is 4.66. The van der Waals surface area contributed by atoms with Crippen LogP contribution in [0, 0.1) is 5.92 Å². The molecule has 0 radical (unpaired) electrons. The van der Waals surface area contributed by atoms with Crippen molar-refractivity contribution >= 4 is 11.8 Å². The van der Waals surface area contributed by atoms with E-state index in [0.29, 0.717) is 38.9 Å². The van der Waals surface area contributed by atoms with Crippen LogP contribution < -0.4 is 5.32 Å². The van der Waals surface area contributed by atoms with E-state index in [1.54, 1.807) is 17.3 Å². The number of aryl methyl sites for hydroxylation is 1. The molecule has 1 N–H and O–H groups in total. The van der Waals surface area contributed by atoms with Gasteiger partial charge in [0.2, 0.25) is 11.8 Å². The Hall–Kier alpha value is -2.70. The lowest BCUT2D eigenvalue weighted by atomic mass is 9.96. The van der Waals surface area contributed by atoms with Crippen LogP contribution >= 0.6 is 0 Å². The smallest absolute Gasteiger partial charge is 0.224 e. The highest BCUT2D eigenvalue weighted by Gasteiger charge is 2.29. The van der Waals surface area contributed by atoms with Gasteiger partial charge in [0.15, 0.2) is 0 Å². The first-order valence-electron chi connectivity index (χ1n) is 9.15. The van der Waals surface area contributed by atoms with Crippen molar-refractivity contribution in [3.8, 4) is 0 Å². The summed E-state index contributed by atoms with van der Waals surface area (Å²) in [6.45, 7) is 2.51. The normalized spacial score (nSPS) is 17.3. The van der Waals surface area contributed by atoms with Crippen LogP contribution in [0.2, 0.25) is 0 Å². The van der Waals surface area contributed by atoms with Crippen molar-refractivity contribution in [2.75, 3.05) is 19.6 Å². The zero-order valence-corrected chi connectivity index (χ0v) is 14.9. The lowest BCUT2D eigenvalue weighted by Crippen LogP contribution is -2.46. The number of amides is 2. The van der Waals surface area contributed by atoms with Crippen molar-refractivity contribution in [1.29, 1.82) is 0 Å². The monoisotopic (exact) mass is 355 g/mol. The molecular formula is C19H25N5O2. The number of nitrogens with one attached hydrogen (secondary N) is 1. The van der Waals surface area contributed by atoms with E-state index < -0.39 is 0 Å². The summed E-state index contributed by atoms with van der Waals surface area (Å²) in [5.74, 6) is 0.0469. The van der Waals surface area contributed by atoms with Crippen LogP contribution in [-0.2, 0) is 22.6 Å². The predicted molar refractivity (Wildman–Crippen MR) is 97.1 cm³/mol. The summed E-state index contributed by atoms with van der Waals surface area (Å²) >= 11 is 0. The zero-order chi connectivity index (χ0) is 18.2. The molecule has 2 aromatic rings. The quantitative estimate of drug-likeness (QED) is 0.723. The first kappa shape index (κ1) is 18.1. The van der Waals surface area contributed by atoms with Gasteiger partial charge in [-0.15, -0.1) is 0 Å². The molecule has 0 spiro atoms. The zero-order valence-electron chi connectivity index (χ0n) is 14.9. The molecule has 7 heteroatoms. The predicted octanol–water partition coefficient (Wildman–Crippen LogP) is 1.27. The Bertz CT molecular complexity index is 702. The number of carbonyl (C=O) groups excluding carboxylic acids is 2. The average Bonchev–Trinajstić information content (AvgIpc) is 3.19. The molecule has 0 saturated carbocycles. The summed E-state index contributed by atoms with van der Waals surface area (Å²) in [5, 5.41) is 7.13. The maximum atomic E-state index is 12.4. The average molecular weight is 355 g/mol. The van der Waals surface area contributed by atoms with E-state index in [2.05, 4.69) is 15.4 Å². The molecule has 2 aromatic heterocycles. The molecular weight excluding hydrogens is 330 g/mol.